The smallest absolute Gasteiger partial charge is 0.320 e. The minimum Gasteiger partial charge on any atom is -0.468 e. The molecule has 5 heteroatoms. The van der Waals surface area contributed by atoms with Gasteiger partial charge >= 0.3 is 11.9 Å². The number of aromatic nitrogens is 1. The van der Waals surface area contributed by atoms with E-state index in [4.69, 9.17) is 0 Å². The van der Waals surface area contributed by atoms with Gasteiger partial charge in [0.1, 0.15) is 0 Å². The Labute approximate surface area is 99.8 Å². The summed E-state index contributed by atoms with van der Waals surface area (Å²) >= 11 is 0. The number of aryl methyl sites for hydroxylation is 1. The van der Waals surface area contributed by atoms with E-state index in [1.54, 1.807) is 12.4 Å². The molecule has 0 aliphatic rings. The number of pyridine rings is 1. The molecule has 0 fully saturated rings. The highest BCUT2D eigenvalue weighted by Gasteiger charge is 2.27. The number of hydrogen-bond donors (Lipinski definition) is 0. The maximum Gasteiger partial charge on any atom is 0.320 e. The maximum atomic E-state index is 11.4. The molecule has 1 rings (SSSR count). The van der Waals surface area contributed by atoms with Crippen molar-refractivity contribution in [3.63, 3.8) is 0 Å². The van der Waals surface area contributed by atoms with E-state index in [0.717, 1.165) is 5.56 Å². The first-order valence-corrected chi connectivity index (χ1v) is 5.23. The minimum atomic E-state index is -0.863. The van der Waals surface area contributed by atoms with Crippen LogP contribution in [0.1, 0.15) is 12.0 Å². The SMILES string of the molecule is COC(=O)C(CCc1ccncc1)C(=O)OC. The molecule has 17 heavy (non-hydrogen) atoms. The molecule has 5 nitrogen and oxygen atoms in total. The molecule has 0 radical (unpaired) electrons. The van der Waals surface area contributed by atoms with Crippen LogP contribution < -0.4 is 0 Å². The van der Waals surface area contributed by atoms with Crippen LogP contribution in [0.3, 0.4) is 0 Å². The highest BCUT2D eigenvalue weighted by atomic mass is 16.5. The number of nitrogens with zero attached hydrogens (tertiary/aromatic N) is 1. The largest absolute Gasteiger partial charge is 0.468 e. The summed E-state index contributed by atoms with van der Waals surface area (Å²) in [5.41, 5.74) is 1.01. The summed E-state index contributed by atoms with van der Waals surface area (Å²) in [5.74, 6) is -1.99. The fourth-order valence-electron chi connectivity index (χ4n) is 1.48. The standard InChI is InChI=1S/C12H15NO4/c1-16-11(14)10(12(15)17-2)4-3-9-5-7-13-8-6-9/h5-8,10H,3-4H2,1-2H3. The highest BCUT2D eigenvalue weighted by molar-refractivity contribution is 5.94. The van der Waals surface area contributed by atoms with Gasteiger partial charge in [0.2, 0.25) is 0 Å². The third-order valence-corrected chi connectivity index (χ3v) is 2.44. The molecule has 0 atom stereocenters. The van der Waals surface area contributed by atoms with Crippen molar-refractivity contribution in [1.82, 2.24) is 4.98 Å². The molecular weight excluding hydrogens is 222 g/mol. The zero-order valence-corrected chi connectivity index (χ0v) is 9.88. The van der Waals surface area contributed by atoms with E-state index in [0.29, 0.717) is 12.8 Å². The van der Waals surface area contributed by atoms with Crippen molar-refractivity contribution in [3.8, 4) is 0 Å². The van der Waals surface area contributed by atoms with Gasteiger partial charge < -0.3 is 9.47 Å². The Morgan fingerprint density at radius 3 is 2.18 bits per heavy atom. The third-order valence-electron chi connectivity index (χ3n) is 2.44. The van der Waals surface area contributed by atoms with Gasteiger partial charge in [-0.15, -0.1) is 0 Å². The number of esters is 2. The lowest BCUT2D eigenvalue weighted by molar-refractivity contribution is -0.159. The molecule has 0 saturated heterocycles. The van der Waals surface area contributed by atoms with Gasteiger partial charge in [-0.25, -0.2) is 0 Å². The number of carbonyl (C=O) groups is 2. The van der Waals surface area contributed by atoms with Crippen molar-refractivity contribution in [3.05, 3.63) is 30.1 Å². The van der Waals surface area contributed by atoms with E-state index >= 15 is 0 Å². The van der Waals surface area contributed by atoms with Crippen molar-refractivity contribution < 1.29 is 19.1 Å². The Morgan fingerprint density at radius 1 is 1.18 bits per heavy atom. The van der Waals surface area contributed by atoms with Gasteiger partial charge in [0.15, 0.2) is 5.92 Å². The van der Waals surface area contributed by atoms with Gasteiger partial charge in [-0.2, -0.15) is 0 Å². The maximum absolute atomic E-state index is 11.4. The first kappa shape index (κ1) is 13.2. The fraction of sp³-hybridized carbons (Fsp3) is 0.417. The van der Waals surface area contributed by atoms with Crippen LogP contribution in [0.4, 0.5) is 0 Å². The molecule has 0 aliphatic heterocycles. The van der Waals surface area contributed by atoms with Gasteiger partial charge in [0.25, 0.3) is 0 Å². The predicted molar refractivity (Wildman–Crippen MR) is 60.1 cm³/mol. The molecule has 0 saturated carbocycles. The first-order chi connectivity index (χ1) is 8.19. The van der Waals surface area contributed by atoms with Crippen molar-refractivity contribution in [2.45, 2.75) is 12.8 Å². The van der Waals surface area contributed by atoms with Crippen molar-refractivity contribution >= 4 is 11.9 Å². The van der Waals surface area contributed by atoms with Gasteiger partial charge in [-0.3, -0.25) is 14.6 Å². The Kier molecular flexibility index (Phi) is 5.13. The molecule has 1 aromatic heterocycles. The number of rotatable bonds is 5. The summed E-state index contributed by atoms with van der Waals surface area (Å²) in [7, 11) is 2.51. The molecule has 0 aromatic carbocycles. The van der Waals surface area contributed by atoms with Crippen molar-refractivity contribution in [2.24, 2.45) is 5.92 Å². The summed E-state index contributed by atoms with van der Waals surface area (Å²) in [6.07, 6.45) is 4.29. The summed E-state index contributed by atoms with van der Waals surface area (Å²) in [5, 5.41) is 0. The minimum absolute atomic E-state index is 0.364. The number of ether oxygens (including phenoxy) is 2. The van der Waals surface area contributed by atoms with Crippen LogP contribution in [0.5, 0.6) is 0 Å². The average Bonchev–Trinajstić information content (AvgIpc) is 2.39. The summed E-state index contributed by atoms with van der Waals surface area (Å²) in [6, 6.07) is 3.68. The van der Waals surface area contributed by atoms with Gasteiger partial charge in [0, 0.05) is 12.4 Å². The molecule has 0 spiro atoms. The van der Waals surface area contributed by atoms with Crippen molar-refractivity contribution in [2.75, 3.05) is 14.2 Å². The highest BCUT2D eigenvalue weighted by Crippen LogP contribution is 2.12. The second-order valence-electron chi connectivity index (χ2n) is 3.49. The normalized spacial score (nSPS) is 10.1. The molecule has 1 heterocycles. The van der Waals surface area contributed by atoms with Crippen LogP contribution in [0.2, 0.25) is 0 Å². The van der Waals surface area contributed by atoms with Gasteiger partial charge in [-0.05, 0) is 30.5 Å². The monoisotopic (exact) mass is 237 g/mol. The molecule has 0 N–H and O–H groups in total. The molecule has 1 aromatic rings. The van der Waals surface area contributed by atoms with E-state index in [1.165, 1.54) is 14.2 Å². The molecule has 92 valence electrons. The van der Waals surface area contributed by atoms with Crippen LogP contribution in [0, 0.1) is 5.92 Å². The Morgan fingerprint density at radius 2 is 1.71 bits per heavy atom. The van der Waals surface area contributed by atoms with Crippen LogP contribution in [0.15, 0.2) is 24.5 Å². The van der Waals surface area contributed by atoms with Crippen LogP contribution >= 0.6 is 0 Å². The Balaban J connectivity index is 2.61. The molecule has 0 unspecified atom stereocenters. The molecule has 0 aliphatic carbocycles. The van der Waals surface area contributed by atoms with E-state index in [1.807, 2.05) is 12.1 Å². The topological polar surface area (TPSA) is 65.5 Å². The number of methoxy groups -OCH3 is 2. The lowest BCUT2D eigenvalue weighted by Gasteiger charge is -2.11. The first-order valence-electron chi connectivity index (χ1n) is 5.23. The van der Waals surface area contributed by atoms with E-state index in [2.05, 4.69) is 14.5 Å². The van der Waals surface area contributed by atoms with Crippen LogP contribution in [-0.2, 0) is 25.5 Å². The van der Waals surface area contributed by atoms with E-state index in [-0.39, 0.29) is 0 Å². The zero-order chi connectivity index (χ0) is 12.7. The lowest BCUT2D eigenvalue weighted by Crippen LogP contribution is -2.27. The molecular formula is C12H15NO4. The predicted octanol–water partition coefficient (Wildman–Crippen LogP) is 0.976. The second kappa shape index (κ2) is 6.62. The lowest BCUT2D eigenvalue weighted by atomic mass is 10.0. The van der Waals surface area contributed by atoms with Gasteiger partial charge in [0.05, 0.1) is 14.2 Å². The number of carbonyl (C=O) groups excluding carboxylic acids is 2. The number of hydrogen-bond acceptors (Lipinski definition) is 5. The molecule has 0 amide bonds. The van der Waals surface area contributed by atoms with Crippen LogP contribution in [-0.4, -0.2) is 31.1 Å². The Hall–Kier alpha value is -1.91. The second-order valence-corrected chi connectivity index (χ2v) is 3.49. The quantitative estimate of drug-likeness (QED) is 0.564. The van der Waals surface area contributed by atoms with E-state index in [9.17, 15) is 9.59 Å². The summed E-state index contributed by atoms with van der Waals surface area (Å²) in [4.78, 5) is 26.7. The summed E-state index contributed by atoms with van der Waals surface area (Å²) in [6.45, 7) is 0. The average molecular weight is 237 g/mol. The fourth-order valence-corrected chi connectivity index (χ4v) is 1.48. The van der Waals surface area contributed by atoms with E-state index < -0.39 is 17.9 Å². The summed E-state index contributed by atoms with van der Waals surface area (Å²) < 4.78 is 9.14. The third kappa shape index (κ3) is 3.86. The zero-order valence-electron chi connectivity index (χ0n) is 9.88. The molecule has 0 bridgehead atoms. The van der Waals surface area contributed by atoms with Crippen LogP contribution in [0.25, 0.3) is 0 Å². The van der Waals surface area contributed by atoms with Crippen molar-refractivity contribution in [1.29, 1.82) is 0 Å². The Bertz CT molecular complexity index is 361. The van der Waals surface area contributed by atoms with Gasteiger partial charge in [-0.1, -0.05) is 0 Å².